The van der Waals surface area contributed by atoms with Crippen molar-refractivity contribution in [1.29, 1.82) is 0 Å². The van der Waals surface area contributed by atoms with Crippen molar-refractivity contribution in [2.45, 2.75) is 99.4 Å². The summed E-state index contributed by atoms with van der Waals surface area (Å²) in [5, 5.41) is 2.83. The number of unbranched alkanes of at least 4 members (excludes halogenated alkanes) is 3. The fourth-order valence-electron chi connectivity index (χ4n) is 3.37. The quantitative estimate of drug-likeness (QED) is 0.294. The number of nitrogens with one attached hydrogen (secondary N) is 1. The second-order valence-corrected chi connectivity index (χ2v) is 21.7. The number of hydrogen-bond donors (Lipinski definition) is 2. The van der Waals surface area contributed by atoms with Gasteiger partial charge in [0.15, 0.2) is 0 Å². The number of carbonyl (C=O) groups is 2. The topological polar surface area (TPSA) is 72.2 Å². The number of amides is 2. The molecule has 0 aliphatic heterocycles. The third-order valence-corrected chi connectivity index (χ3v) is 19.2. The van der Waals surface area contributed by atoms with Gasteiger partial charge in [0.2, 0.25) is 0 Å². The number of hydrogen-bond acceptors (Lipinski definition) is 2. The molecule has 0 bridgehead atoms. The summed E-state index contributed by atoms with van der Waals surface area (Å²) < 4.78 is 6.31. The molecule has 2 amide bonds. The molecule has 26 heavy (non-hydrogen) atoms. The zero-order valence-corrected chi connectivity index (χ0v) is 20.8. The molecule has 0 fully saturated rings. The number of rotatable bonds is 13. The van der Waals surface area contributed by atoms with Crippen LogP contribution >= 0.6 is 0 Å². The second kappa shape index (κ2) is 12.8. The third kappa shape index (κ3) is 9.98. The molecule has 0 saturated carbocycles. The molecular formula is C21H42N2O2Sn. The van der Waals surface area contributed by atoms with Crippen molar-refractivity contribution >= 4 is 30.2 Å². The number of primary amides is 1. The van der Waals surface area contributed by atoms with Crippen LogP contribution in [0.5, 0.6) is 0 Å². The van der Waals surface area contributed by atoms with Gasteiger partial charge < -0.3 is 0 Å². The Morgan fingerprint density at radius 2 is 1.38 bits per heavy atom. The summed E-state index contributed by atoms with van der Waals surface area (Å²) in [6.45, 7) is 12.5. The predicted molar refractivity (Wildman–Crippen MR) is 115 cm³/mol. The van der Waals surface area contributed by atoms with Crippen molar-refractivity contribution in [3.63, 3.8) is 0 Å². The van der Waals surface area contributed by atoms with Crippen LogP contribution in [0, 0.1) is 5.41 Å². The molecule has 0 spiro atoms. The Bertz CT molecular complexity index is 434. The van der Waals surface area contributed by atoms with E-state index in [1.807, 2.05) is 20.8 Å². The van der Waals surface area contributed by atoms with Crippen molar-refractivity contribution in [2.75, 3.05) is 0 Å². The standard InChI is InChI=1S/C9H15N2O2.3C4H9.Sn/c1-5-6(12)11-7(8(10)13)9(2,3)4;3*1-3-4-2;/h1,5,7H,2-4H3,(H2,10,13)(H,11,12);3*1,3-4H2,2H3;/t7-;;;;/m1..../s1. The van der Waals surface area contributed by atoms with Crippen molar-refractivity contribution < 1.29 is 9.59 Å². The van der Waals surface area contributed by atoms with Crippen LogP contribution in [0.3, 0.4) is 0 Å². The minimum atomic E-state index is -2.47. The van der Waals surface area contributed by atoms with E-state index in [1.54, 1.807) is 6.08 Å². The van der Waals surface area contributed by atoms with Gasteiger partial charge in [0, 0.05) is 0 Å². The summed E-state index contributed by atoms with van der Waals surface area (Å²) in [6.07, 6.45) is 9.17. The van der Waals surface area contributed by atoms with E-state index >= 15 is 0 Å². The Morgan fingerprint density at radius 1 is 0.962 bits per heavy atom. The van der Waals surface area contributed by atoms with Gasteiger partial charge in [-0.25, -0.2) is 0 Å². The fourth-order valence-corrected chi connectivity index (χ4v) is 17.4. The zero-order valence-electron chi connectivity index (χ0n) is 18.0. The van der Waals surface area contributed by atoms with Gasteiger partial charge in [-0.3, -0.25) is 0 Å². The van der Waals surface area contributed by atoms with Crippen LogP contribution in [0.15, 0.2) is 10.2 Å². The Morgan fingerprint density at radius 3 is 1.69 bits per heavy atom. The maximum atomic E-state index is 12.5. The van der Waals surface area contributed by atoms with E-state index in [1.165, 1.54) is 51.8 Å². The van der Waals surface area contributed by atoms with Gasteiger partial charge >= 0.3 is 166 Å². The minimum absolute atomic E-state index is 0.172. The molecule has 0 aromatic rings. The molecular weight excluding hydrogens is 431 g/mol. The van der Waals surface area contributed by atoms with Crippen LogP contribution < -0.4 is 11.1 Å². The maximum absolute atomic E-state index is 12.5. The Kier molecular flexibility index (Phi) is 12.5. The molecule has 0 aliphatic carbocycles. The van der Waals surface area contributed by atoms with Gasteiger partial charge in [-0.05, 0) is 0 Å². The molecule has 0 heterocycles. The van der Waals surface area contributed by atoms with E-state index in [-0.39, 0.29) is 11.3 Å². The molecule has 0 radical (unpaired) electrons. The van der Waals surface area contributed by atoms with Crippen molar-refractivity contribution in [3.8, 4) is 0 Å². The average Bonchev–Trinajstić information content (AvgIpc) is 2.57. The third-order valence-electron chi connectivity index (χ3n) is 5.11. The molecule has 0 saturated heterocycles. The fraction of sp³-hybridized carbons (Fsp3) is 0.810. The van der Waals surface area contributed by atoms with E-state index in [0.29, 0.717) is 0 Å². The molecule has 3 N–H and O–H groups in total. The molecule has 0 rings (SSSR count). The Balaban J connectivity index is 5.29. The van der Waals surface area contributed by atoms with Crippen LogP contribution in [0.4, 0.5) is 0 Å². The summed E-state index contributed by atoms with van der Waals surface area (Å²) in [7, 11) is 0. The van der Waals surface area contributed by atoms with Gasteiger partial charge in [0.1, 0.15) is 0 Å². The van der Waals surface area contributed by atoms with Crippen LogP contribution in [0.2, 0.25) is 13.3 Å². The summed E-state index contributed by atoms with van der Waals surface area (Å²) in [5.74, 6) is -0.647. The molecule has 5 heteroatoms. The molecule has 4 nitrogen and oxygen atoms in total. The summed E-state index contributed by atoms with van der Waals surface area (Å²) >= 11 is -2.47. The molecule has 0 aromatic carbocycles. The van der Waals surface area contributed by atoms with Gasteiger partial charge in [-0.15, -0.1) is 0 Å². The molecule has 0 aromatic heterocycles. The van der Waals surface area contributed by atoms with Crippen LogP contribution in [0.25, 0.3) is 0 Å². The first kappa shape index (κ1) is 25.5. The average molecular weight is 473 g/mol. The van der Waals surface area contributed by atoms with Crippen molar-refractivity contribution in [1.82, 2.24) is 5.32 Å². The van der Waals surface area contributed by atoms with Crippen LogP contribution in [-0.2, 0) is 9.59 Å². The van der Waals surface area contributed by atoms with Gasteiger partial charge in [0.25, 0.3) is 0 Å². The van der Waals surface area contributed by atoms with Gasteiger partial charge in [-0.1, -0.05) is 0 Å². The molecule has 0 unspecified atom stereocenters. The van der Waals surface area contributed by atoms with Crippen LogP contribution in [0.1, 0.15) is 80.1 Å². The number of carbonyl (C=O) groups excluding carboxylic acids is 2. The Hall–Kier alpha value is -0.521. The number of nitrogens with two attached hydrogens (primary N) is 1. The first-order chi connectivity index (χ1) is 12.1. The molecule has 0 aliphatic rings. The first-order valence-electron chi connectivity index (χ1n) is 10.4. The second-order valence-electron chi connectivity index (χ2n) is 8.72. The van der Waals surface area contributed by atoms with E-state index in [4.69, 9.17) is 5.73 Å². The van der Waals surface area contributed by atoms with Crippen molar-refractivity contribution in [2.24, 2.45) is 11.1 Å². The molecule has 1 atom stereocenters. The monoisotopic (exact) mass is 474 g/mol. The summed E-state index contributed by atoms with van der Waals surface area (Å²) in [6, 6.07) is -0.647. The SMILES string of the molecule is CCC[CH2][Sn](/[CH]=C\C(=O)N[C@H](C(N)=O)C(C)(C)C)([CH2]CCC)[CH2]CCC. The van der Waals surface area contributed by atoms with E-state index in [9.17, 15) is 9.59 Å². The zero-order chi connectivity index (χ0) is 20.2. The van der Waals surface area contributed by atoms with E-state index < -0.39 is 30.3 Å². The normalized spacial score (nSPS) is 13.8. The van der Waals surface area contributed by atoms with Gasteiger partial charge in [-0.2, -0.15) is 0 Å². The van der Waals surface area contributed by atoms with E-state index in [0.717, 1.165) is 0 Å². The Labute approximate surface area is 165 Å². The first-order valence-corrected chi connectivity index (χ1v) is 18.1. The predicted octanol–water partition coefficient (Wildman–Crippen LogP) is 4.95. The van der Waals surface area contributed by atoms with Crippen molar-refractivity contribution in [3.05, 3.63) is 10.2 Å². The van der Waals surface area contributed by atoms with Crippen LogP contribution in [-0.4, -0.2) is 36.2 Å². The molecule has 152 valence electrons. The van der Waals surface area contributed by atoms with Gasteiger partial charge in [0.05, 0.1) is 0 Å². The summed E-state index contributed by atoms with van der Waals surface area (Å²) in [5.41, 5.74) is 5.10. The summed E-state index contributed by atoms with van der Waals surface area (Å²) in [4.78, 5) is 24.2. The van der Waals surface area contributed by atoms with E-state index in [2.05, 4.69) is 30.2 Å².